The van der Waals surface area contributed by atoms with Gasteiger partial charge in [-0.15, -0.1) is 0 Å². The van der Waals surface area contributed by atoms with Gasteiger partial charge in [-0.3, -0.25) is 4.79 Å². The van der Waals surface area contributed by atoms with Gasteiger partial charge in [0.05, 0.1) is 0 Å². The molecule has 0 heterocycles. The van der Waals surface area contributed by atoms with Gasteiger partial charge in [0.2, 0.25) is 5.91 Å². The predicted molar refractivity (Wildman–Crippen MR) is 69.4 cm³/mol. The molecular weight excluding hydrogens is 214 g/mol. The molecular formula is C14H19NO2. The van der Waals surface area contributed by atoms with Gasteiger partial charge in [-0.05, 0) is 36.1 Å². The van der Waals surface area contributed by atoms with Crippen molar-refractivity contribution in [3.05, 3.63) is 41.5 Å². The molecule has 0 spiro atoms. The SMILES string of the molecule is C=CCOc1c(CC)cc(C(N)=O)cc1CC. The van der Waals surface area contributed by atoms with Crippen LogP contribution in [0.3, 0.4) is 0 Å². The summed E-state index contributed by atoms with van der Waals surface area (Å²) in [5.41, 5.74) is 7.89. The van der Waals surface area contributed by atoms with Crippen molar-refractivity contribution in [2.24, 2.45) is 5.73 Å². The Kier molecular flexibility index (Phi) is 4.76. The summed E-state index contributed by atoms with van der Waals surface area (Å²) < 4.78 is 5.66. The Hall–Kier alpha value is -1.77. The van der Waals surface area contributed by atoms with Crippen molar-refractivity contribution in [1.82, 2.24) is 0 Å². The van der Waals surface area contributed by atoms with Crippen LogP contribution in [0.15, 0.2) is 24.8 Å². The smallest absolute Gasteiger partial charge is 0.248 e. The topological polar surface area (TPSA) is 52.3 Å². The van der Waals surface area contributed by atoms with E-state index < -0.39 is 5.91 Å². The Bertz CT molecular complexity index is 399. The van der Waals surface area contributed by atoms with E-state index in [2.05, 4.69) is 6.58 Å². The molecule has 2 N–H and O–H groups in total. The number of benzene rings is 1. The molecule has 92 valence electrons. The first-order chi connectivity index (χ1) is 8.13. The third kappa shape index (κ3) is 3.09. The number of hydrogen-bond acceptors (Lipinski definition) is 2. The highest BCUT2D eigenvalue weighted by atomic mass is 16.5. The van der Waals surface area contributed by atoms with Crippen LogP contribution in [0, 0.1) is 0 Å². The molecule has 0 saturated heterocycles. The summed E-state index contributed by atoms with van der Waals surface area (Å²) in [6, 6.07) is 3.61. The molecule has 0 aromatic heterocycles. The number of nitrogens with two attached hydrogens (primary N) is 1. The fraction of sp³-hybridized carbons (Fsp3) is 0.357. The zero-order chi connectivity index (χ0) is 12.8. The number of ether oxygens (including phenoxy) is 1. The lowest BCUT2D eigenvalue weighted by atomic mass is 10.00. The molecule has 0 saturated carbocycles. The second-order valence-corrected chi connectivity index (χ2v) is 3.79. The third-order valence-corrected chi connectivity index (χ3v) is 2.63. The summed E-state index contributed by atoms with van der Waals surface area (Å²) in [7, 11) is 0. The van der Waals surface area contributed by atoms with E-state index >= 15 is 0 Å². The van der Waals surface area contributed by atoms with Gasteiger partial charge in [0.15, 0.2) is 0 Å². The van der Waals surface area contributed by atoms with E-state index in [1.54, 1.807) is 18.2 Å². The van der Waals surface area contributed by atoms with Crippen LogP contribution >= 0.6 is 0 Å². The van der Waals surface area contributed by atoms with Gasteiger partial charge in [-0.2, -0.15) is 0 Å². The molecule has 0 aliphatic rings. The summed E-state index contributed by atoms with van der Waals surface area (Å²) >= 11 is 0. The fourth-order valence-corrected chi connectivity index (χ4v) is 1.75. The standard InChI is InChI=1S/C14H19NO2/c1-4-7-17-13-10(5-2)8-12(14(15)16)9-11(13)6-3/h4,8-9H,1,5-7H2,2-3H3,(H2,15,16). The van der Waals surface area contributed by atoms with E-state index in [-0.39, 0.29) is 0 Å². The average Bonchev–Trinajstić information content (AvgIpc) is 2.34. The molecule has 0 aliphatic carbocycles. The maximum absolute atomic E-state index is 11.2. The monoisotopic (exact) mass is 233 g/mol. The van der Waals surface area contributed by atoms with E-state index in [1.165, 1.54) is 0 Å². The van der Waals surface area contributed by atoms with Crippen LogP contribution in [-0.4, -0.2) is 12.5 Å². The highest BCUT2D eigenvalue weighted by Gasteiger charge is 2.12. The first-order valence-corrected chi connectivity index (χ1v) is 5.83. The molecule has 1 aromatic rings. The van der Waals surface area contributed by atoms with Gasteiger partial charge in [-0.25, -0.2) is 0 Å². The summed E-state index contributed by atoms with van der Waals surface area (Å²) in [6.45, 7) is 8.16. The summed E-state index contributed by atoms with van der Waals surface area (Å²) in [4.78, 5) is 11.2. The van der Waals surface area contributed by atoms with Gasteiger partial charge in [-0.1, -0.05) is 26.5 Å². The highest BCUT2D eigenvalue weighted by Crippen LogP contribution is 2.27. The van der Waals surface area contributed by atoms with Gasteiger partial charge in [0, 0.05) is 5.56 Å². The molecule has 3 heteroatoms. The molecule has 17 heavy (non-hydrogen) atoms. The second-order valence-electron chi connectivity index (χ2n) is 3.79. The van der Waals surface area contributed by atoms with Crippen LogP contribution in [0.1, 0.15) is 35.3 Å². The van der Waals surface area contributed by atoms with Crippen LogP contribution in [0.5, 0.6) is 5.75 Å². The lowest BCUT2D eigenvalue weighted by Crippen LogP contribution is -2.13. The minimum Gasteiger partial charge on any atom is -0.489 e. The Labute approximate surface area is 102 Å². The van der Waals surface area contributed by atoms with Crippen molar-refractivity contribution in [1.29, 1.82) is 0 Å². The lowest BCUT2D eigenvalue weighted by molar-refractivity contribution is 0.1000. The Morgan fingerprint density at radius 2 is 1.88 bits per heavy atom. The van der Waals surface area contributed by atoms with Gasteiger partial charge in [0.1, 0.15) is 12.4 Å². The molecule has 0 atom stereocenters. The van der Waals surface area contributed by atoms with E-state index in [1.807, 2.05) is 13.8 Å². The van der Waals surface area contributed by atoms with Crippen LogP contribution < -0.4 is 10.5 Å². The molecule has 0 unspecified atom stereocenters. The van der Waals surface area contributed by atoms with Crippen LogP contribution in [0.4, 0.5) is 0 Å². The third-order valence-electron chi connectivity index (χ3n) is 2.63. The minimum absolute atomic E-state index is 0.398. The van der Waals surface area contributed by atoms with Crippen LogP contribution in [0.25, 0.3) is 0 Å². The molecule has 1 amide bonds. The molecule has 0 radical (unpaired) electrons. The summed E-state index contributed by atoms with van der Waals surface area (Å²) in [5, 5.41) is 0. The number of carbonyl (C=O) groups excluding carboxylic acids is 1. The quantitative estimate of drug-likeness (QED) is 0.767. The minimum atomic E-state index is -0.398. The van der Waals surface area contributed by atoms with Gasteiger partial charge in [0.25, 0.3) is 0 Å². The Morgan fingerprint density at radius 3 is 2.24 bits per heavy atom. The second kappa shape index (κ2) is 6.09. The number of hydrogen-bond donors (Lipinski definition) is 1. The summed E-state index contributed by atoms with van der Waals surface area (Å²) in [6.07, 6.45) is 3.32. The van der Waals surface area contributed by atoms with E-state index in [0.29, 0.717) is 12.2 Å². The largest absolute Gasteiger partial charge is 0.489 e. The van der Waals surface area contributed by atoms with E-state index in [4.69, 9.17) is 10.5 Å². The molecule has 3 nitrogen and oxygen atoms in total. The molecule has 1 aromatic carbocycles. The molecule has 1 rings (SSSR count). The van der Waals surface area contributed by atoms with Gasteiger partial charge >= 0.3 is 0 Å². The zero-order valence-corrected chi connectivity index (χ0v) is 10.5. The number of primary amides is 1. The van der Waals surface area contributed by atoms with Crippen molar-refractivity contribution in [2.45, 2.75) is 26.7 Å². The maximum atomic E-state index is 11.2. The van der Waals surface area contributed by atoms with E-state index in [9.17, 15) is 4.79 Å². The highest BCUT2D eigenvalue weighted by molar-refractivity contribution is 5.93. The predicted octanol–water partition coefficient (Wildman–Crippen LogP) is 2.48. The normalized spacial score (nSPS) is 10.0. The van der Waals surface area contributed by atoms with Crippen molar-refractivity contribution in [3.63, 3.8) is 0 Å². The zero-order valence-electron chi connectivity index (χ0n) is 10.5. The molecule has 0 bridgehead atoms. The molecule has 0 aliphatic heterocycles. The van der Waals surface area contributed by atoms with E-state index in [0.717, 1.165) is 29.7 Å². The summed E-state index contributed by atoms with van der Waals surface area (Å²) in [5.74, 6) is 0.463. The fourth-order valence-electron chi connectivity index (χ4n) is 1.75. The van der Waals surface area contributed by atoms with Crippen molar-refractivity contribution >= 4 is 5.91 Å². The Balaban J connectivity index is 3.25. The number of amides is 1. The van der Waals surface area contributed by atoms with Crippen molar-refractivity contribution in [2.75, 3.05) is 6.61 Å². The number of carbonyl (C=O) groups is 1. The average molecular weight is 233 g/mol. The first-order valence-electron chi connectivity index (χ1n) is 5.83. The van der Waals surface area contributed by atoms with Crippen molar-refractivity contribution in [3.8, 4) is 5.75 Å². The lowest BCUT2D eigenvalue weighted by Gasteiger charge is -2.15. The van der Waals surface area contributed by atoms with Crippen LogP contribution in [-0.2, 0) is 12.8 Å². The van der Waals surface area contributed by atoms with Crippen LogP contribution in [0.2, 0.25) is 0 Å². The number of rotatable bonds is 6. The first kappa shape index (κ1) is 13.3. The van der Waals surface area contributed by atoms with Gasteiger partial charge < -0.3 is 10.5 Å². The number of aryl methyl sites for hydroxylation is 2. The van der Waals surface area contributed by atoms with Crippen molar-refractivity contribution < 1.29 is 9.53 Å². The maximum Gasteiger partial charge on any atom is 0.248 e. The molecule has 0 fully saturated rings. The Morgan fingerprint density at radius 1 is 1.35 bits per heavy atom.